The SMILES string of the molecule is Cc1cc(C)n(CCCNCc2ccc(-n3cncn3)cc2)n1. The highest BCUT2D eigenvalue weighted by molar-refractivity contribution is 5.33. The summed E-state index contributed by atoms with van der Waals surface area (Å²) < 4.78 is 3.83. The Hall–Kier alpha value is -2.47. The molecular weight excluding hydrogens is 288 g/mol. The molecular formula is C17H22N6. The van der Waals surface area contributed by atoms with Gasteiger partial charge in [0.2, 0.25) is 0 Å². The van der Waals surface area contributed by atoms with Gasteiger partial charge in [-0.1, -0.05) is 12.1 Å². The predicted molar refractivity (Wildman–Crippen MR) is 89.4 cm³/mol. The second-order valence-electron chi connectivity index (χ2n) is 5.69. The Labute approximate surface area is 136 Å². The lowest BCUT2D eigenvalue weighted by Gasteiger charge is -2.07. The highest BCUT2D eigenvalue weighted by atomic mass is 15.3. The number of hydrogen-bond donors (Lipinski definition) is 1. The van der Waals surface area contributed by atoms with Crippen LogP contribution in [-0.4, -0.2) is 31.1 Å². The van der Waals surface area contributed by atoms with Crippen molar-refractivity contribution in [2.75, 3.05) is 6.54 Å². The number of benzene rings is 1. The van der Waals surface area contributed by atoms with Gasteiger partial charge in [-0.25, -0.2) is 9.67 Å². The van der Waals surface area contributed by atoms with Crippen LogP contribution in [0.15, 0.2) is 43.0 Å². The number of aryl methyl sites for hydroxylation is 3. The van der Waals surface area contributed by atoms with Crippen LogP contribution in [0.25, 0.3) is 5.69 Å². The van der Waals surface area contributed by atoms with Crippen molar-refractivity contribution in [2.24, 2.45) is 0 Å². The van der Waals surface area contributed by atoms with E-state index >= 15 is 0 Å². The Morgan fingerprint density at radius 2 is 1.96 bits per heavy atom. The minimum Gasteiger partial charge on any atom is -0.313 e. The fraction of sp³-hybridized carbons (Fsp3) is 0.353. The van der Waals surface area contributed by atoms with Crippen LogP contribution in [0.4, 0.5) is 0 Å². The van der Waals surface area contributed by atoms with Crippen molar-refractivity contribution >= 4 is 0 Å². The first-order chi connectivity index (χ1) is 11.2. The van der Waals surface area contributed by atoms with Crippen molar-refractivity contribution in [3.8, 4) is 5.69 Å². The minimum atomic E-state index is 0.870. The number of rotatable bonds is 7. The van der Waals surface area contributed by atoms with Crippen LogP contribution in [0.3, 0.4) is 0 Å². The summed E-state index contributed by atoms with van der Waals surface area (Å²) in [4.78, 5) is 3.96. The number of nitrogens with zero attached hydrogens (tertiary/aromatic N) is 5. The maximum Gasteiger partial charge on any atom is 0.138 e. The van der Waals surface area contributed by atoms with E-state index in [4.69, 9.17) is 0 Å². The summed E-state index contributed by atoms with van der Waals surface area (Å²) in [5, 5.41) is 12.1. The number of nitrogens with one attached hydrogen (secondary N) is 1. The molecule has 0 aliphatic rings. The second kappa shape index (κ2) is 7.19. The van der Waals surface area contributed by atoms with Crippen LogP contribution in [-0.2, 0) is 13.1 Å². The van der Waals surface area contributed by atoms with Gasteiger partial charge in [-0.3, -0.25) is 4.68 Å². The molecule has 23 heavy (non-hydrogen) atoms. The summed E-state index contributed by atoms with van der Waals surface area (Å²) in [6.07, 6.45) is 4.31. The molecule has 6 heteroatoms. The number of hydrogen-bond acceptors (Lipinski definition) is 4. The van der Waals surface area contributed by atoms with E-state index in [9.17, 15) is 0 Å². The van der Waals surface area contributed by atoms with E-state index in [-0.39, 0.29) is 0 Å². The first-order valence-corrected chi connectivity index (χ1v) is 7.88. The van der Waals surface area contributed by atoms with Crippen molar-refractivity contribution < 1.29 is 0 Å². The van der Waals surface area contributed by atoms with E-state index in [1.165, 1.54) is 17.6 Å². The molecule has 3 aromatic rings. The third kappa shape index (κ3) is 4.04. The molecule has 2 aromatic heterocycles. The van der Waals surface area contributed by atoms with Crippen LogP contribution in [0, 0.1) is 13.8 Å². The van der Waals surface area contributed by atoms with Gasteiger partial charge in [0, 0.05) is 18.8 Å². The molecule has 0 aliphatic heterocycles. The lowest BCUT2D eigenvalue weighted by Crippen LogP contribution is -2.17. The van der Waals surface area contributed by atoms with Crippen molar-refractivity contribution in [3.05, 3.63) is 59.9 Å². The lowest BCUT2D eigenvalue weighted by atomic mass is 10.2. The predicted octanol–water partition coefficient (Wildman–Crippen LogP) is 2.26. The fourth-order valence-corrected chi connectivity index (χ4v) is 2.60. The molecule has 0 atom stereocenters. The molecule has 0 aliphatic carbocycles. The zero-order valence-corrected chi connectivity index (χ0v) is 13.6. The largest absolute Gasteiger partial charge is 0.313 e. The first kappa shape index (κ1) is 15.4. The molecule has 0 fully saturated rings. The number of aromatic nitrogens is 5. The smallest absolute Gasteiger partial charge is 0.138 e. The van der Waals surface area contributed by atoms with Crippen LogP contribution < -0.4 is 5.32 Å². The van der Waals surface area contributed by atoms with Crippen LogP contribution in [0.1, 0.15) is 23.4 Å². The minimum absolute atomic E-state index is 0.870. The summed E-state index contributed by atoms with van der Waals surface area (Å²) in [5.74, 6) is 0. The fourth-order valence-electron chi connectivity index (χ4n) is 2.60. The van der Waals surface area contributed by atoms with Gasteiger partial charge in [0.05, 0.1) is 11.4 Å². The van der Waals surface area contributed by atoms with Gasteiger partial charge >= 0.3 is 0 Å². The van der Waals surface area contributed by atoms with E-state index < -0.39 is 0 Å². The second-order valence-corrected chi connectivity index (χ2v) is 5.69. The molecule has 0 unspecified atom stereocenters. The first-order valence-electron chi connectivity index (χ1n) is 7.88. The standard InChI is InChI=1S/C17H22N6/c1-14-10-15(2)22(21-14)9-3-8-18-11-16-4-6-17(7-5-16)23-13-19-12-20-23/h4-7,10,12-13,18H,3,8-9,11H2,1-2H3. The summed E-state index contributed by atoms with van der Waals surface area (Å²) in [6.45, 7) is 6.94. The van der Waals surface area contributed by atoms with Gasteiger partial charge < -0.3 is 5.32 Å². The van der Waals surface area contributed by atoms with Gasteiger partial charge in [0.15, 0.2) is 0 Å². The maximum absolute atomic E-state index is 4.48. The molecule has 3 rings (SSSR count). The Kier molecular flexibility index (Phi) is 4.83. The van der Waals surface area contributed by atoms with E-state index in [1.54, 1.807) is 11.0 Å². The average Bonchev–Trinajstić information content (AvgIpc) is 3.18. The Morgan fingerprint density at radius 3 is 2.61 bits per heavy atom. The highest BCUT2D eigenvalue weighted by Crippen LogP contribution is 2.08. The molecule has 120 valence electrons. The summed E-state index contributed by atoms with van der Waals surface area (Å²) in [7, 11) is 0. The van der Waals surface area contributed by atoms with Gasteiger partial charge in [-0.15, -0.1) is 0 Å². The van der Waals surface area contributed by atoms with Gasteiger partial charge in [0.1, 0.15) is 12.7 Å². The maximum atomic E-state index is 4.48. The summed E-state index contributed by atoms with van der Waals surface area (Å²) >= 11 is 0. The molecule has 0 bridgehead atoms. The zero-order valence-electron chi connectivity index (χ0n) is 13.6. The third-order valence-electron chi connectivity index (χ3n) is 3.78. The topological polar surface area (TPSA) is 60.6 Å². The van der Waals surface area contributed by atoms with E-state index in [1.807, 2.05) is 6.92 Å². The molecule has 0 saturated carbocycles. The molecule has 2 heterocycles. The molecule has 1 N–H and O–H groups in total. The molecule has 0 spiro atoms. The third-order valence-corrected chi connectivity index (χ3v) is 3.78. The summed E-state index contributed by atoms with van der Waals surface area (Å²) in [5.41, 5.74) is 4.60. The van der Waals surface area contributed by atoms with Crippen molar-refractivity contribution in [3.63, 3.8) is 0 Å². The van der Waals surface area contributed by atoms with Gasteiger partial charge in [-0.2, -0.15) is 10.2 Å². The van der Waals surface area contributed by atoms with Crippen molar-refractivity contribution in [1.29, 1.82) is 0 Å². The van der Waals surface area contributed by atoms with Gasteiger partial charge in [0.25, 0.3) is 0 Å². The van der Waals surface area contributed by atoms with E-state index in [2.05, 4.69) is 62.4 Å². The van der Waals surface area contributed by atoms with Crippen LogP contribution in [0.5, 0.6) is 0 Å². The lowest BCUT2D eigenvalue weighted by molar-refractivity contribution is 0.532. The normalized spacial score (nSPS) is 11.0. The van der Waals surface area contributed by atoms with Crippen LogP contribution >= 0.6 is 0 Å². The van der Waals surface area contributed by atoms with E-state index in [0.717, 1.165) is 37.4 Å². The van der Waals surface area contributed by atoms with E-state index in [0.29, 0.717) is 0 Å². The molecule has 6 nitrogen and oxygen atoms in total. The molecule has 0 amide bonds. The van der Waals surface area contributed by atoms with Gasteiger partial charge in [-0.05, 0) is 50.6 Å². The molecule has 0 saturated heterocycles. The quantitative estimate of drug-likeness (QED) is 0.680. The average molecular weight is 310 g/mol. The highest BCUT2D eigenvalue weighted by Gasteiger charge is 2.00. The zero-order chi connectivity index (χ0) is 16.1. The molecule has 1 aromatic carbocycles. The Morgan fingerprint density at radius 1 is 1.13 bits per heavy atom. The molecule has 0 radical (unpaired) electrons. The van der Waals surface area contributed by atoms with Crippen LogP contribution in [0.2, 0.25) is 0 Å². The summed E-state index contributed by atoms with van der Waals surface area (Å²) in [6, 6.07) is 10.5. The Balaban J connectivity index is 1.41. The Bertz CT molecular complexity index is 727. The monoisotopic (exact) mass is 310 g/mol. The van der Waals surface area contributed by atoms with Crippen molar-refractivity contribution in [1.82, 2.24) is 29.9 Å². The van der Waals surface area contributed by atoms with Crippen molar-refractivity contribution in [2.45, 2.75) is 33.4 Å².